The molecule has 0 aliphatic carbocycles. The van der Waals surface area contributed by atoms with Gasteiger partial charge >= 0.3 is 0 Å². The van der Waals surface area contributed by atoms with E-state index in [1.54, 1.807) is 18.4 Å². The van der Waals surface area contributed by atoms with Crippen LogP contribution in [-0.2, 0) is 11.3 Å². The van der Waals surface area contributed by atoms with Gasteiger partial charge in [0.25, 0.3) is 5.91 Å². The highest BCUT2D eigenvalue weighted by Crippen LogP contribution is 2.34. The maximum Gasteiger partial charge on any atom is 0.264 e. The number of rotatable bonds is 4. The standard InChI is InChI=1S/C18H24N2O2S/c1-12-9-20(10-15(12)19(2)3)18(21)17-14(11-22-4)13-7-5-6-8-16(13)23-17/h5-8,12,15H,9-11H2,1-4H3/t12-,15+/m0/s1. The topological polar surface area (TPSA) is 32.8 Å². The second-order valence-electron chi connectivity index (χ2n) is 6.56. The third-order valence-corrected chi connectivity index (χ3v) is 5.91. The van der Waals surface area contributed by atoms with E-state index in [-0.39, 0.29) is 5.91 Å². The molecule has 1 aromatic heterocycles. The number of amides is 1. The molecule has 0 N–H and O–H groups in total. The molecule has 3 rings (SSSR count). The summed E-state index contributed by atoms with van der Waals surface area (Å²) >= 11 is 1.58. The smallest absolute Gasteiger partial charge is 0.264 e. The molecule has 2 atom stereocenters. The molecular formula is C18H24N2O2S. The van der Waals surface area contributed by atoms with Gasteiger partial charge in [-0.2, -0.15) is 0 Å². The number of thiophene rings is 1. The van der Waals surface area contributed by atoms with Crippen LogP contribution in [0.15, 0.2) is 24.3 Å². The lowest BCUT2D eigenvalue weighted by atomic mass is 10.1. The minimum Gasteiger partial charge on any atom is -0.380 e. The monoisotopic (exact) mass is 332 g/mol. The van der Waals surface area contributed by atoms with E-state index in [0.29, 0.717) is 18.6 Å². The molecule has 4 nitrogen and oxygen atoms in total. The maximum absolute atomic E-state index is 13.1. The first-order chi connectivity index (χ1) is 11.0. The number of methoxy groups -OCH3 is 1. The molecule has 1 fully saturated rings. The van der Waals surface area contributed by atoms with Crippen molar-refractivity contribution in [1.82, 2.24) is 9.80 Å². The van der Waals surface area contributed by atoms with Crippen molar-refractivity contribution in [3.05, 3.63) is 34.7 Å². The first kappa shape index (κ1) is 16.4. The van der Waals surface area contributed by atoms with Gasteiger partial charge in [0.1, 0.15) is 0 Å². The van der Waals surface area contributed by atoms with Crippen molar-refractivity contribution in [3.63, 3.8) is 0 Å². The fourth-order valence-corrected chi connectivity index (χ4v) is 4.67. The van der Waals surface area contributed by atoms with Crippen molar-refractivity contribution in [1.29, 1.82) is 0 Å². The van der Waals surface area contributed by atoms with Crippen LogP contribution in [0.5, 0.6) is 0 Å². The Hall–Kier alpha value is -1.43. The molecule has 1 aromatic carbocycles. The fourth-order valence-electron chi connectivity index (χ4n) is 3.49. The first-order valence-corrected chi connectivity index (χ1v) is 8.79. The lowest BCUT2D eigenvalue weighted by Crippen LogP contribution is -2.35. The number of nitrogens with zero attached hydrogens (tertiary/aromatic N) is 2. The number of fused-ring (bicyclic) bond motifs is 1. The van der Waals surface area contributed by atoms with Crippen molar-refractivity contribution in [2.75, 3.05) is 34.3 Å². The number of likely N-dealkylation sites (tertiary alicyclic amines) is 1. The molecular weight excluding hydrogens is 308 g/mol. The van der Waals surface area contributed by atoms with Crippen LogP contribution in [0.3, 0.4) is 0 Å². The van der Waals surface area contributed by atoms with Crippen molar-refractivity contribution in [3.8, 4) is 0 Å². The zero-order valence-electron chi connectivity index (χ0n) is 14.2. The Morgan fingerprint density at radius 3 is 2.74 bits per heavy atom. The van der Waals surface area contributed by atoms with Gasteiger partial charge in [-0.3, -0.25) is 4.79 Å². The molecule has 2 heterocycles. The second-order valence-corrected chi connectivity index (χ2v) is 7.61. The summed E-state index contributed by atoms with van der Waals surface area (Å²) in [4.78, 5) is 18.1. The van der Waals surface area contributed by atoms with Crippen LogP contribution in [0, 0.1) is 5.92 Å². The number of ether oxygens (including phenoxy) is 1. The summed E-state index contributed by atoms with van der Waals surface area (Å²) in [6.07, 6.45) is 0. The van der Waals surface area contributed by atoms with Gasteiger partial charge in [-0.1, -0.05) is 25.1 Å². The molecule has 124 valence electrons. The second kappa shape index (κ2) is 6.59. The third-order valence-electron chi connectivity index (χ3n) is 4.70. The molecule has 1 saturated heterocycles. The van der Waals surface area contributed by atoms with Crippen LogP contribution in [0.25, 0.3) is 10.1 Å². The van der Waals surface area contributed by atoms with Crippen LogP contribution in [0.4, 0.5) is 0 Å². The summed E-state index contributed by atoms with van der Waals surface area (Å²) in [6.45, 7) is 4.32. The molecule has 0 saturated carbocycles. The van der Waals surface area contributed by atoms with E-state index in [9.17, 15) is 4.79 Å². The van der Waals surface area contributed by atoms with Gasteiger partial charge in [-0.25, -0.2) is 0 Å². The lowest BCUT2D eigenvalue weighted by molar-refractivity contribution is 0.0782. The summed E-state index contributed by atoms with van der Waals surface area (Å²) in [6, 6.07) is 8.61. The Morgan fingerprint density at radius 2 is 2.09 bits per heavy atom. The summed E-state index contributed by atoms with van der Waals surface area (Å²) in [5.41, 5.74) is 1.03. The molecule has 23 heavy (non-hydrogen) atoms. The van der Waals surface area contributed by atoms with Crippen LogP contribution in [-0.4, -0.2) is 56.0 Å². The van der Waals surface area contributed by atoms with Gasteiger partial charge in [0.05, 0.1) is 11.5 Å². The quantitative estimate of drug-likeness (QED) is 0.863. The van der Waals surface area contributed by atoms with Crippen LogP contribution in [0.2, 0.25) is 0 Å². The Balaban J connectivity index is 1.94. The van der Waals surface area contributed by atoms with Gasteiger partial charge in [0.15, 0.2) is 0 Å². The number of likely N-dealkylation sites (N-methyl/N-ethyl adjacent to an activating group) is 1. The van der Waals surface area contributed by atoms with Gasteiger partial charge in [-0.15, -0.1) is 11.3 Å². The van der Waals surface area contributed by atoms with Crippen LogP contribution < -0.4 is 0 Å². The zero-order chi connectivity index (χ0) is 16.6. The highest BCUT2D eigenvalue weighted by Gasteiger charge is 2.35. The van der Waals surface area contributed by atoms with E-state index >= 15 is 0 Å². The summed E-state index contributed by atoms with van der Waals surface area (Å²) in [7, 11) is 5.86. The molecule has 0 bridgehead atoms. The van der Waals surface area contributed by atoms with Crippen molar-refractivity contribution < 1.29 is 9.53 Å². The third kappa shape index (κ3) is 3.01. The van der Waals surface area contributed by atoms with E-state index in [1.165, 1.54) is 0 Å². The predicted octanol–water partition coefficient (Wildman–Crippen LogP) is 3.07. The largest absolute Gasteiger partial charge is 0.380 e. The fraction of sp³-hybridized carbons (Fsp3) is 0.500. The summed E-state index contributed by atoms with van der Waals surface area (Å²) in [5, 5.41) is 1.14. The Labute approximate surface area is 141 Å². The van der Waals surface area contributed by atoms with Gasteiger partial charge in [0, 0.05) is 36.5 Å². The van der Waals surface area contributed by atoms with E-state index in [0.717, 1.165) is 33.6 Å². The Kier molecular flexibility index (Phi) is 4.71. The van der Waals surface area contributed by atoms with Crippen molar-refractivity contribution >= 4 is 27.3 Å². The van der Waals surface area contributed by atoms with E-state index in [1.807, 2.05) is 17.0 Å². The van der Waals surface area contributed by atoms with Crippen LogP contribution >= 0.6 is 11.3 Å². The maximum atomic E-state index is 13.1. The highest BCUT2D eigenvalue weighted by molar-refractivity contribution is 7.21. The van der Waals surface area contributed by atoms with E-state index < -0.39 is 0 Å². The predicted molar refractivity (Wildman–Crippen MR) is 95.1 cm³/mol. The first-order valence-electron chi connectivity index (χ1n) is 7.98. The number of benzene rings is 1. The minimum atomic E-state index is 0.148. The SMILES string of the molecule is COCc1c(C(=O)N2C[C@@H](N(C)C)[C@@H](C)C2)sc2ccccc12. The molecule has 1 amide bonds. The van der Waals surface area contributed by atoms with Crippen molar-refractivity contribution in [2.45, 2.75) is 19.6 Å². The average molecular weight is 332 g/mol. The molecule has 0 unspecified atom stereocenters. The average Bonchev–Trinajstić information content (AvgIpc) is 3.09. The molecule has 2 aromatic rings. The molecule has 5 heteroatoms. The van der Waals surface area contributed by atoms with Gasteiger partial charge in [0.2, 0.25) is 0 Å². The highest BCUT2D eigenvalue weighted by atomic mass is 32.1. The molecule has 0 radical (unpaired) electrons. The van der Waals surface area contributed by atoms with E-state index in [4.69, 9.17) is 4.74 Å². The molecule has 0 spiro atoms. The number of carbonyl (C=O) groups excluding carboxylic acids is 1. The van der Waals surface area contributed by atoms with Gasteiger partial charge < -0.3 is 14.5 Å². The summed E-state index contributed by atoms with van der Waals surface area (Å²) in [5.74, 6) is 0.642. The molecule has 1 aliphatic rings. The number of hydrogen-bond donors (Lipinski definition) is 0. The number of hydrogen-bond acceptors (Lipinski definition) is 4. The Morgan fingerprint density at radius 1 is 1.35 bits per heavy atom. The lowest BCUT2D eigenvalue weighted by Gasteiger charge is -2.22. The van der Waals surface area contributed by atoms with Gasteiger partial charge in [-0.05, 0) is 31.5 Å². The summed E-state index contributed by atoms with van der Waals surface area (Å²) < 4.78 is 6.51. The normalized spacial score (nSPS) is 21.5. The zero-order valence-corrected chi connectivity index (χ0v) is 15.0. The number of carbonyl (C=O) groups is 1. The van der Waals surface area contributed by atoms with Crippen molar-refractivity contribution in [2.24, 2.45) is 5.92 Å². The van der Waals surface area contributed by atoms with Crippen LogP contribution in [0.1, 0.15) is 22.2 Å². The van der Waals surface area contributed by atoms with E-state index in [2.05, 4.69) is 38.1 Å². The molecule has 1 aliphatic heterocycles. The Bertz CT molecular complexity index is 710. The minimum absolute atomic E-state index is 0.148.